The van der Waals surface area contributed by atoms with Crippen LogP contribution in [0, 0.1) is 10.1 Å². The lowest BCUT2D eigenvalue weighted by Gasteiger charge is -2.19. The highest BCUT2D eigenvalue weighted by atomic mass is 35.5. The molecule has 1 aliphatic rings. The first-order chi connectivity index (χ1) is 12.0. The van der Waals surface area contributed by atoms with Crippen LogP contribution in [0.4, 0.5) is 11.4 Å². The number of rotatable bonds is 4. The second-order valence-electron chi connectivity index (χ2n) is 5.22. The third-order valence-electron chi connectivity index (χ3n) is 3.46. The highest BCUT2D eigenvalue weighted by Crippen LogP contribution is 2.33. The number of nitrogens with zero attached hydrogens (tertiary/aromatic N) is 1. The summed E-state index contributed by atoms with van der Waals surface area (Å²) in [5.74, 6) is 0.0991. The normalized spacial score (nSPS) is 13.2. The van der Waals surface area contributed by atoms with Crippen LogP contribution in [0.5, 0.6) is 5.75 Å². The standard InChI is InChI=1S/C17H13ClN2O5/c18-13-2-4-14(5-3-13)19-16(21)6-1-11-7-15(20(22)23)8-12-9-24-10-25-17(11)12/h1-8H,9-10H2,(H,19,21)/b6-1+. The third-order valence-corrected chi connectivity index (χ3v) is 3.71. The molecule has 0 aromatic heterocycles. The zero-order chi connectivity index (χ0) is 17.8. The molecule has 0 radical (unpaired) electrons. The van der Waals surface area contributed by atoms with Gasteiger partial charge in [0, 0.05) is 40.0 Å². The Balaban J connectivity index is 1.82. The Morgan fingerprint density at radius 2 is 2.04 bits per heavy atom. The van der Waals surface area contributed by atoms with Crippen molar-refractivity contribution in [2.24, 2.45) is 0 Å². The van der Waals surface area contributed by atoms with E-state index in [1.165, 1.54) is 24.3 Å². The van der Waals surface area contributed by atoms with Gasteiger partial charge in [-0.15, -0.1) is 0 Å². The molecule has 8 heteroatoms. The number of benzene rings is 2. The van der Waals surface area contributed by atoms with Gasteiger partial charge in [0.05, 0.1) is 11.5 Å². The minimum Gasteiger partial charge on any atom is -0.467 e. The number of hydrogen-bond donors (Lipinski definition) is 1. The molecule has 7 nitrogen and oxygen atoms in total. The lowest BCUT2D eigenvalue weighted by atomic mass is 10.1. The number of anilines is 1. The quantitative estimate of drug-likeness (QED) is 0.509. The minimum absolute atomic E-state index is 0.0582. The minimum atomic E-state index is -0.500. The van der Waals surface area contributed by atoms with E-state index in [0.717, 1.165) is 0 Å². The molecule has 1 N–H and O–H groups in total. The molecule has 0 unspecified atom stereocenters. The Labute approximate surface area is 148 Å². The van der Waals surface area contributed by atoms with Crippen LogP contribution >= 0.6 is 11.6 Å². The van der Waals surface area contributed by atoms with Gasteiger partial charge in [0.25, 0.3) is 5.69 Å². The number of carbonyl (C=O) groups is 1. The highest BCUT2D eigenvalue weighted by Gasteiger charge is 2.19. The second kappa shape index (κ2) is 7.33. The van der Waals surface area contributed by atoms with Crippen LogP contribution in [0.3, 0.4) is 0 Å². The summed E-state index contributed by atoms with van der Waals surface area (Å²) in [6, 6.07) is 9.42. The van der Waals surface area contributed by atoms with Crippen LogP contribution < -0.4 is 10.1 Å². The molecule has 3 rings (SSSR count). The predicted molar refractivity (Wildman–Crippen MR) is 92.5 cm³/mol. The number of nitrogens with one attached hydrogen (secondary N) is 1. The van der Waals surface area contributed by atoms with Gasteiger partial charge in [0.2, 0.25) is 5.91 Å². The molecule has 0 bridgehead atoms. The molecule has 0 fully saturated rings. The SMILES string of the molecule is O=C(/C=C/c1cc([N+](=O)[O-])cc2c1OCOC2)Nc1ccc(Cl)cc1. The summed E-state index contributed by atoms with van der Waals surface area (Å²) in [7, 11) is 0. The van der Waals surface area contributed by atoms with Gasteiger partial charge >= 0.3 is 0 Å². The fraction of sp³-hybridized carbons (Fsp3) is 0.118. The fourth-order valence-corrected chi connectivity index (χ4v) is 2.47. The largest absolute Gasteiger partial charge is 0.467 e. The number of non-ortho nitro benzene ring substituents is 1. The van der Waals surface area contributed by atoms with Crippen molar-refractivity contribution in [1.29, 1.82) is 0 Å². The van der Waals surface area contributed by atoms with Gasteiger partial charge in [-0.25, -0.2) is 0 Å². The first kappa shape index (κ1) is 16.9. The van der Waals surface area contributed by atoms with Crippen LogP contribution in [0.15, 0.2) is 42.5 Å². The molecule has 0 saturated heterocycles. The monoisotopic (exact) mass is 360 g/mol. The van der Waals surface area contributed by atoms with Gasteiger partial charge < -0.3 is 14.8 Å². The maximum absolute atomic E-state index is 12.0. The van der Waals surface area contributed by atoms with Gasteiger partial charge in [-0.05, 0) is 30.3 Å². The van der Waals surface area contributed by atoms with Crippen LogP contribution in [-0.2, 0) is 16.1 Å². The molecule has 1 heterocycles. The summed E-state index contributed by atoms with van der Waals surface area (Å²) in [4.78, 5) is 22.6. The lowest BCUT2D eigenvalue weighted by molar-refractivity contribution is -0.385. The summed E-state index contributed by atoms with van der Waals surface area (Å²) in [5.41, 5.74) is 1.51. The fourth-order valence-electron chi connectivity index (χ4n) is 2.34. The summed E-state index contributed by atoms with van der Waals surface area (Å²) in [5, 5.41) is 14.3. The molecular weight excluding hydrogens is 348 g/mol. The van der Waals surface area contributed by atoms with Crippen LogP contribution in [0.25, 0.3) is 6.08 Å². The number of nitro benzene ring substituents is 1. The molecule has 0 spiro atoms. The molecule has 1 amide bonds. The Morgan fingerprint density at radius 1 is 1.28 bits per heavy atom. The first-order valence-corrected chi connectivity index (χ1v) is 7.67. The number of fused-ring (bicyclic) bond motifs is 1. The maximum Gasteiger partial charge on any atom is 0.270 e. The highest BCUT2D eigenvalue weighted by molar-refractivity contribution is 6.30. The molecule has 0 aliphatic carbocycles. The number of amides is 1. The summed E-state index contributed by atoms with van der Waals surface area (Å²) >= 11 is 5.79. The Hall–Kier alpha value is -2.90. The van der Waals surface area contributed by atoms with E-state index in [1.54, 1.807) is 24.3 Å². The Kier molecular flexibility index (Phi) is 4.97. The number of nitro groups is 1. The van der Waals surface area contributed by atoms with Crippen molar-refractivity contribution in [3.8, 4) is 5.75 Å². The van der Waals surface area contributed by atoms with Gasteiger partial charge in [-0.2, -0.15) is 0 Å². The molecule has 0 atom stereocenters. The van der Waals surface area contributed by atoms with Gasteiger partial charge in [0.15, 0.2) is 6.79 Å². The lowest BCUT2D eigenvalue weighted by Crippen LogP contribution is -2.13. The van der Waals surface area contributed by atoms with E-state index < -0.39 is 4.92 Å². The maximum atomic E-state index is 12.0. The zero-order valence-corrected chi connectivity index (χ0v) is 13.7. The van der Waals surface area contributed by atoms with Gasteiger partial charge in [-0.1, -0.05) is 11.6 Å². The van der Waals surface area contributed by atoms with E-state index in [1.807, 2.05) is 0 Å². The molecule has 1 aliphatic heterocycles. The predicted octanol–water partition coefficient (Wildman–Crippen LogP) is 3.77. The molecule has 25 heavy (non-hydrogen) atoms. The Bertz CT molecular complexity index is 849. The van der Waals surface area contributed by atoms with E-state index in [-0.39, 0.29) is 25.0 Å². The molecule has 2 aromatic rings. The van der Waals surface area contributed by atoms with Crippen molar-refractivity contribution in [2.75, 3.05) is 12.1 Å². The molecule has 2 aromatic carbocycles. The van der Waals surface area contributed by atoms with Gasteiger partial charge in [-0.3, -0.25) is 14.9 Å². The molecular formula is C17H13ClN2O5. The Morgan fingerprint density at radius 3 is 2.76 bits per heavy atom. The van der Waals surface area contributed by atoms with E-state index >= 15 is 0 Å². The smallest absolute Gasteiger partial charge is 0.270 e. The van der Waals surface area contributed by atoms with E-state index in [0.29, 0.717) is 27.6 Å². The van der Waals surface area contributed by atoms with E-state index in [4.69, 9.17) is 21.1 Å². The molecule has 128 valence electrons. The number of halogens is 1. The summed E-state index contributed by atoms with van der Waals surface area (Å²) < 4.78 is 10.6. The average Bonchev–Trinajstić information content (AvgIpc) is 2.61. The van der Waals surface area contributed by atoms with Gasteiger partial charge in [0.1, 0.15) is 5.75 Å². The molecule has 0 saturated carbocycles. The topological polar surface area (TPSA) is 90.7 Å². The van der Waals surface area contributed by atoms with Crippen molar-refractivity contribution < 1.29 is 19.2 Å². The van der Waals surface area contributed by atoms with Crippen molar-refractivity contribution in [2.45, 2.75) is 6.61 Å². The first-order valence-electron chi connectivity index (χ1n) is 7.29. The van der Waals surface area contributed by atoms with Crippen molar-refractivity contribution in [1.82, 2.24) is 0 Å². The second-order valence-corrected chi connectivity index (χ2v) is 5.66. The number of carbonyl (C=O) groups excluding carboxylic acids is 1. The van der Waals surface area contributed by atoms with Crippen LogP contribution in [0.2, 0.25) is 5.02 Å². The summed E-state index contributed by atoms with van der Waals surface area (Å²) in [6.45, 7) is 0.275. The van der Waals surface area contributed by atoms with E-state index in [9.17, 15) is 14.9 Å². The third kappa shape index (κ3) is 4.14. The number of ether oxygens (including phenoxy) is 2. The van der Waals surface area contributed by atoms with Crippen molar-refractivity contribution >= 4 is 35.0 Å². The van der Waals surface area contributed by atoms with Crippen LogP contribution in [0.1, 0.15) is 11.1 Å². The zero-order valence-electron chi connectivity index (χ0n) is 12.9. The number of hydrogen-bond acceptors (Lipinski definition) is 5. The van der Waals surface area contributed by atoms with Crippen molar-refractivity contribution in [3.63, 3.8) is 0 Å². The van der Waals surface area contributed by atoms with Crippen LogP contribution in [-0.4, -0.2) is 17.6 Å². The average molecular weight is 361 g/mol. The van der Waals surface area contributed by atoms with Crippen molar-refractivity contribution in [3.05, 3.63) is 68.7 Å². The summed E-state index contributed by atoms with van der Waals surface area (Å²) in [6.07, 6.45) is 2.76. The van der Waals surface area contributed by atoms with E-state index in [2.05, 4.69) is 5.32 Å².